The van der Waals surface area contributed by atoms with Crippen LogP contribution in [0.15, 0.2) is 54.6 Å². The molecule has 3 aromatic rings. The maximum absolute atomic E-state index is 11.9. The lowest BCUT2D eigenvalue weighted by molar-refractivity contribution is -0.116. The summed E-state index contributed by atoms with van der Waals surface area (Å²) in [6.07, 6.45) is 7.04. The van der Waals surface area contributed by atoms with Crippen molar-refractivity contribution in [3.8, 4) is 5.82 Å². The van der Waals surface area contributed by atoms with E-state index in [0.717, 1.165) is 0 Å². The molecule has 0 atom stereocenters. The Hall–Kier alpha value is -2.80. The number of hydrogen-bond donors (Lipinski definition) is 1. The van der Waals surface area contributed by atoms with Crippen LogP contribution in [-0.2, 0) is 4.79 Å². The molecule has 1 N–H and O–H groups in total. The van der Waals surface area contributed by atoms with Gasteiger partial charge in [0.2, 0.25) is 5.91 Å². The van der Waals surface area contributed by atoms with Crippen molar-refractivity contribution >= 4 is 28.7 Å². The summed E-state index contributed by atoms with van der Waals surface area (Å²) in [5.74, 6) is 0.504. The van der Waals surface area contributed by atoms with E-state index in [1.54, 1.807) is 47.7 Å². The molecule has 0 spiro atoms. The van der Waals surface area contributed by atoms with Gasteiger partial charge in [-0.05, 0) is 23.6 Å². The molecule has 0 aromatic carbocycles. The minimum atomic E-state index is -0.202. The van der Waals surface area contributed by atoms with Crippen LogP contribution in [0.1, 0.15) is 22.5 Å². The van der Waals surface area contributed by atoms with Gasteiger partial charge in [-0.25, -0.2) is 9.97 Å². The topological polar surface area (TPSA) is 76.9 Å². The lowest BCUT2D eigenvalue weighted by atomic mass is 10.2. The second-order valence-corrected chi connectivity index (χ2v) is 5.77. The van der Waals surface area contributed by atoms with E-state index < -0.39 is 0 Å². The van der Waals surface area contributed by atoms with Crippen LogP contribution >= 0.6 is 11.3 Å². The number of carbonyl (C=O) groups is 2. The monoisotopic (exact) mass is 326 g/mol. The molecule has 6 nitrogen and oxygen atoms in total. The average molecular weight is 326 g/mol. The zero-order chi connectivity index (χ0) is 16.1. The Bertz CT molecular complexity index is 780. The summed E-state index contributed by atoms with van der Waals surface area (Å²) >= 11 is 1.39. The fourth-order valence-corrected chi connectivity index (χ4v) is 2.71. The predicted molar refractivity (Wildman–Crippen MR) is 87.9 cm³/mol. The molecular weight excluding hydrogens is 312 g/mol. The highest BCUT2D eigenvalue weighted by atomic mass is 32.1. The van der Waals surface area contributed by atoms with Gasteiger partial charge in [0, 0.05) is 25.2 Å². The van der Waals surface area contributed by atoms with E-state index >= 15 is 0 Å². The molecule has 1 amide bonds. The third-order valence-electron chi connectivity index (χ3n) is 3.18. The molecule has 7 heteroatoms. The van der Waals surface area contributed by atoms with Gasteiger partial charge in [0.25, 0.3) is 0 Å². The van der Waals surface area contributed by atoms with E-state index in [-0.39, 0.29) is 24.5 Å². The van der Waals surface area contributed by atoms with Gasteiger partial charge in [0.05, 0.1) is 16.8 Å². The first-order valence-electron chi connectivity index (χ1n) is 7.03. The predicted octanol–water partition coefficient (Wildman–Crippen LogP) is 2.93. The van der Waals surface area contributed by atoms with Crippen LogP contribution in [0, 0.1) is 0 Å². The lowest BCUT2D eigenvalue weighted by Gasteiger charge is -2.06. The van der Waals surface area contributed by atoms with Gasteiger partial charge in [-0.3, -0.25) is 14.2 Å². The largest absolute Gasteiger partial charge is 0.325 e. The maximum Gasteiger partial charge on any atom is 0.224 e. The number of rotatable bonds is 6. The van der Waals surface area contributed by atoms with E-state index in [1.165, 1.54) is 11.3 Å². The Labute approximate surface area is 136 Å². The van der Waals surface area contributed by atoms with Gasteiger partial charge < -0.3 is 5.32 Å². The number of nitrogens with one attached hydrogen (secondary N) is 1. The van der Waals surface area contributed by atoms with Crippen molar-refractivity contribution in [2.45, 2.75) is 12.8 Å². The van der Waals surface area contributed by atoms with Gasteiger partial charge in [0.15, 0.2) is 5.78 Å². The Morgan fingerprint density at radius 3 is 2.78 bits per heavy atom. The molecule has 0 fully saturated rings. The number of aromatic nitrogens is 3. The first-order chi connectivity index (χ1) is 11.2. The van der Waals surface area contributed by atoms with E-state index in [2.05, 4.69) is 15.3 Å². The number of carbonyl (C=O) groups excluding carboxylic acids is 2. The molecule has 3 heterocycles. The molecule has 0 aliphatic rings. The summed E-state index contributed by atoms with van der Waals surface area (Å²) in [7, 11) is 0. The van der Waals surface area contributed by atoms with E-state index in [9.17, 15) is 9.59 Å². The van der Waals surface area contributed by atoms with Crippen LogP contribution in [0.5, 0.6) is 0 Å². The van der Waals surface area contributed by atoms with Gasteiger partial charge >= 0.3 is 0 Å². The molecular formula is C16H14N4O2S. The molecule has 0 saturated carbocycles. The molecule has 3 rings (SSSR count). The van der Waals surface area contributed by atoms with Crippen LogP contribution in [0.25, 0.3) is 5.82 Å². The Morgan fingerprint density at radius 2 is 2.13 bits per heavy atom. The number of thiophene rings is 1. The molecule has 0 bridgehead atoms. The Morgan fingerprint density at radius 1 is 1.22 bits per heavy atom. The molecule has 0 aliphatic carbocycles. The summed E-state index contributed by atoms with van der Waals surface area (Å²) in [5, 5.41) is 4.59. The molecule has 0 radical (unpaired) electrons. The lowest BCUT2D eigenvalue weighted by Crippen LogP contribution is -2.13. The molecule has 0 saturated heterocycles. The number of Topliss-reactive ketones (excluding diaryl/α,β-unsaturated/α-hetero) is 1. The summed E-state index contributed by atoms with van der Waals surface area (Å²) in [6.45, 7) is 0. The van der Waals surface area contributed by atoms with E-state index in [1.807, 2.05) is 11.4 Å². The number of imidazole rings is 1. The first kappa shape index (κ1) is 15.1. The molecule has 0 aliphatic heterocycles. The van der Waals surface area contributed by atoms with Crippen LogP contribution in [0.4, 0.5) is 5.69 Å². The SMILES string of the molecule is O=C(CCC(=O)c1cccs1)Nc1ccc(-n2ccnc2)nc1. The fourth-order valence-electron chi connectivity index (χ4n) is 2.02. The van der Waals surface area contributed by atoms with Crippen molar-refractivity contribution in [1.82, 2.24) is 14.5 Å². The van der Waals surface area contributed by atoms with Crippen LogP contribution < -0.4 is 5.32 Å². The number of hydrogen-bond acceptors (Lipinski definition) is 5. The first-order valence-corrected chi connectivity index (χ1v) is 7.91. The van der Waals surface area contributed by atoms with Crippen molar-refractivity contribution in [2.24, 2.45) is 0 Å². The number of amides is 1. The summed E-state index contributed by atoms with van der Waals surface area (Å²) in [5.41, 5.74) is 0.599. The Kier molecular flexibility index (Phi) is 4.58. The van der Waals surface area contributed by atoms with Crippen LogP contribution in [0.2, 0.25) is 0 Å². The highest BCUT2D eigenvalue weighted by Crippen LogP contribution is 2.14. The number of ketones is 1. The molecule has 116 valence electrons. The van der Waals surface area contributed by atoms with Gasteiger partial charge in [-0.15, -0.1) is 11.3 Å². The number of anilines is 1. The minimum Gasteiger partial charge on any atom is -0.325 e. The van der Waals surface area contributed by atoms with Crippen molar-refractivity contribution in [1.29, 1.82) is 0 Å². The second kappa shape index (κ2) is 6.97. The third-order valence-corrected chi connectivity index (χ3v) is 4.09. The average Bonchev–Trinajstić information content (AvgIpc) is 3.26. The van der Waals surface area contributed by atoms with E-state index in [0.29, 0.717) is 16.4 Å². The van der Waals surface area contributed by atoms with Gasteiger partial charge in [-0.1, -0.05) is 6.07 Å². The fraction of sp³-hybridized carbons (Fsp3) is 0.125. The van der Waals surface area contributed by atoms with Gasteiger partial charge in [-0.2, -0.15) is 0 Å². The highest BCUT2D eigenvalue weighted by molar-refractivity contribution is 7.12. The molecule has 0 unspecified atom stereocenters. The zero-order valence-corrected chi connectivity index (χ0v) is 13.0. The molecule has 23 heavy (non-hydrogen) atoms. The smallest absolute Gasteiger partial charge is 0.224 e. The second-order valence-electron chi connectivity index (χ2n) is 4.82. The van der Waals surface area contributed by atoms with Crippen molar-refractivity contribution in [3.05, 3.63) is 59.4 Å². The summed E-state index contributed by atoms with van der Waals surface area (Å²) < 4.78 is 1.77. The highest BCUT2D eigenvalue weighted by Gasteiger charge is 2.10. The number of pyridine rings is 1. The van der Waals surface area contributed by atoms with Crippen LogP contribution in [0.3, 0.4) is 0 Å². The molecule has 3 aromatic heterocycles. The van der Waals surface area contributed by atoms with Gasteiger partial charge in [0.1, 0.15) is 12.1 Å². The minimum absolute atomic E-state index is 0.0104. The normalized spacial score (nSPS) is 10.4. The van der Waals surface area contributed by atoms with Crippen LogP contribution in [-0.4, -0.2) is 26.2 Å². The third kappa shape index (κ3) is 3.89. The standard InChI is InChI=1S/C16H14N4O2S/c21-13(14-2-1-9-23-14)4-6-16(22)19-12-3-5-15(18-10-12)20-8-7-17-11-20/h1-3,5,7-11H,4,6H2,(H,19,22). The summed E-state index contributed by atoms with van der Waals surface area (Å²) in [6, 6.07) is 7.14. The zero-order valence-electron chi connectivity index (χ0n) is 12.2. The maximum atomic E-state index is 11.9. The van der Waals surface area contributed by atoms with Crippen molar-refractivity contribution in [2.75, 3.05) is 5.32 Å². The summed E-state index contributed by atoms with van der Waals surface area (Å²) in [4.78, 5) is 32.6. The van der Waals surface area contributed by atoms with Crippen molar-refractivity contribution in [3.63, 3.8) is 0 Å². The van der Waals surface area contributed by atoms with Crippen molar-refractivity contribution < 1.29 is 9.59 Å². The van der Waals surface area contributed by atoms with E-state index in [4.69, 9.17) is 0 Å². The number of nitrogens with zero attached hydrogens (tertiary/aromatic N) is 3. The Balaban J connectivity index is 1.53. The quantitative estimate of drug-likeness (QED) is 0.707.